The highest BCUT2D eigenvalue weighted by atomic mass is 35.5. The second-order valence-corrected chi connectivity index (χ2v) is 4.51. The minimum Gasteiger partial charge on any atom is -0.295 e. The van der Waals surface area contributed by atoms with Gasteiger partial charge < -0.3 is 0 Å². The number of halogens is 1. The van der Waals surface area contributed by atoms with Crippen LogP contribution in [-0.4, -0.2) is 27.1 Å². The quantitative estimate of drug-likeness (QED) is 0.779. The van der Waals surface area contributed by atoms with E-state index in [-0.39, 0.29) is 0 Å². The Morgan fingerprint density at radius 3 is 2.62 bits per heavy atom. The Morgan fingerprint density at radius 2 is 2.23 bits per heavy atom. The summed E-state index contributed by atoms with van der Waals surface area (Å²) in [4.78, 5) is 2.29. The molecule has 0 amide bonds. The maximum absolute atomic E-state index is 5.91. The van der Waals surface area contributed by atoms with E-state index in [0.717, 1.165) is 18.8 Å². The number of hydrogen-bond donors (Lipinski definition) is 0. The average molecular weight is 220 g/mol. The Kier molecular flexibility index (Phi) is 4.09. The SMILES string of the molecule is CCN(Cc1nnsc1Cl)C(C)C. The van der Waals surface area contributed by atoms with Gasteiger partial charge in [0.15, 0.2) is 0 Å². The van der Waals surface area contributed by atoms with Gasteiger partial charge in [-0.1, -0.05) is 23.0 Å². The van der Waals surface area contributed by atoms with Crippen LogP contribution < -0.4 is 0 Å². The lowest BCUT2D eigenvalue weighted by atomic mass is 10.3. The van der Waals surface area contributed by atoms with E-state index in [1.54, 1.807) is 0 Å². The second kappa shape index (κ2) is 4.88. The first-order chi connectivity index (χ1) is 6.15. The zero-order chi connectivity index (χ0) is 9.84. The summed E-state index contributed by atoms with van der Waals surface area (Å²) < 4.78 is 4.51. The molecule has 74 valence electrons. The molecule has 0 radical (unpaired) electrons. The van der Waals surface area contributed by atoms with Crippen LogP contribution in [0.5, 0.6) is 0 Å². The monoisotopic (exact) mass is 219 g/mol. The average Bonchev–Trinajstić information content (AvgIpc) is 2.46. The van der Waals surface area contributed by atoms with Gasteiger partial charge in [-0.15, -0.1) is 5.10 Å². The summed E-state index contributed by atoms with van der Waals surface area (Å²) in [6.07, 6.45) is 0. The van der Waals surface area contributed by atoms with Gasteiger partial charge in [0, 0.05) is 24.1 Å². The summed E-state index contributed by atoms with van der Waals surface area (Å²) in [5.74, 6) is 0. The van der Waals surface area contributed by atoms with E-state index in [4.69, 9.17) is 11.6 Å². The van der Waals surface area contributed by atoms with Crippen molar-refractivity contribution in [3.05, 3.63) is 10.0 Å². The molecule has 0 aliphatic rings. The molecule has 3 nitrogen and oxygen atoms in total. The Labute approximate surface area is 87.9 Å². The molecular formula is C8H14ClN3S. The first-order valence-corrected chi connectivity index (χ1v) is 5.51. The fourth-order valence-electron chi connectivity index (χ4n) is 1.14. The molecule has 0 aliphatic carbocycles. The Bertz CT molecular complexity index is 262. The van der Waals surface area contributed by atoms with Gasteiger partial charge in [0.1, 0.15) is 10.0 Å². The molecule has 0 fully saturated rings. The lowest BCUT2D eigenvalue weighted by Crippen LogP contribution is -2.30. The van der Waals surface area contributed by atoms with Crippen molar-refractivity contribution >= 4 is 23.1 Å². The molecule has 0 bridgehead atoms. The summed E-state index contributed by atoms with van der Waals surface area (Å²) in [5, 5.41) is 3.98. The van der Waals surface area contributed by atoms with E-state index < -0.39 is 0 Å². The van der Waals surface area contributed by atoms with E-state index in [9.17, 15) is 0 Å². The molecule has 1 aromatic rings. The van der Waals surface area contributed by atoms with E-state index in [2.05, 4.69) is 35.3 Å². The maximum Gasteiger partial charge on any atom is 0.138 e. The molecule has 5 heteroatoms. The molecular weight excluding hydrogens is 206 g/mol. The van der Waals surface area contributed by atoms with Crippen LogP contribution in [0.4, 0.5) is 0 Å². The van der Waals surface area contributed by atoms with E-state index >= 15 is 0 Å². The van der Waals surface area contributed by atoms with Gasteiger partial charge in [0.25, 0.3) is 0 Å². The zero-order valence-electron chi connectivity index (χ0n) is 8.12. The molecule has 0 N–H and O–H groups in total. The molecule has 0 saturated carbocycles. The molecule has 0 atom stereocenters. The van der Waals surface area contributed by atoms with Crippen molar-refractivity contribution in [1.29, 1.82) is 0 Å². The number of nitrogens with zero attached hydrogens (tertiary/aromatic N) is 3. The van der Waals surface area contributed by atoms with Gasteiger partial charge in [-0.05, 0) is 20.4 Å². The first-order valence-electron chi connectivity index (χ1n) is 4.36. The smallest absolute Gasteiger partial charge is 0.138 e. The summed E-state index contributed by atoms with van der Waals surface area (Å²) in [6, 6.07) is 0.516. The molecule has 0 unspecified atom stereocenters. The van der Waals surface area contributed by atoms with Crippen LogP contribution in [0.1, 0.15) is 26.5 Å². The van der Waals surface area contributed by atoms with Crippen molar-refractivity contribution in [2.24, 2.45) is 0 Å². The normalized spacial score (nSPS) is 11.5. The van der Waals surface area contributed by atoms with Gasteiger partial charge in [-0.3, -0.25) is 4.90 Å². The first kappa shape index (κ1) is 10.9. The van der Waals surface area contributed by atoms with Crippen molar-refractivity contribution in [1.82, 2.24) is 14.5 Å². The lowest BCUT2D eigenvalue weighted by Gasteiger charge is -2.23. The summed E-state index contributed by atoms with van der Waals surface area (Å²) in [5.41, 5.74) is 0.891. The number of aromatic nitrogens is 2. The van der Waals surface area contributed by atoms with Crippen molar-refractivity contribution in [3.63, 3.8) is 0 Å². The predicted octanol–water partition coefficient (Wildman–Crippen LogP) is 2.42. The van der Waals surface area contributed by atoms with Crippen molar-refractivity contribution in [2.45, 2.75) is 33.4 Å². The molecule has 1 rings (SSSR count). The van der Waals surface area contributed by atoms with Crippen LogP contribution in [0.25, 0.3) is 0 Å². The molecule has 0 aliphatic heterocycles. The maximum atomic E-state index is 5.91. The molecule has 0 saturated heterocycles. The van der Waals surface area contributed by atoms with E-state index in [1.165, 1.54) is 11.5 Å². The van der Waals surface area contributed by atoms with E-state index in [1.807, 2.05) is 0 Å². The van der Waals surface area contributed by atoms with Crippen LogP contribution in [0.15, 0.2) is 0 Å². The summed E-state index contributed by atoms with van der Waals surface area (Å²) in [7, 11) is 0. The third-order valence-electron chi connectivity index (χ3n) is 2.00. The highest BCUT2D eigenvalue weighted by Gasteiger charge is 2.12. The zero-order valence-corrected chi connectivity index (χ0v) is 9.69. The predicted molar refractivity (Wildman–Crippen MR) is 56.1 cm³/mol. The molecule has 1 aromatic heterocycles. The summed E-state index contributed by atoms with van der Waals surface area (Å²) >= 11 is 7.16. The van der Waals surface area contributed by atoms with Gasteiger partial charge in [-0.2, -0.15) is 0 Å². The second-order valence-electron chi connectivity index (χ2n) is 3.15. The number of hydrogen-bond acceptors (Lipinski definition) is 4. The highest BCUT2D eigenvalue weighted by Crippen LogP contribution is 2.19. The lowest BCUT2D eigenvalue weighted by molar-refractivity contribution is 0.222. The van der Waals surface area contributed by atoms with Gasteiger partial charge >= 0.3 is 0 Å². The molecule has 13 heavy (non-hydrogen) atoms. The van der Waals surface area contributed by atoms with Crippen molar-refractivity contribution < 1.29 is 0 Å². The third kappa shape index (κ3) is 2.90. The van der Waals surface area contributed by atoms with Crippen LogP contribution in [-0.2, 0) is 6.54 Å². The standard InChI is InChI=1S/C8H14ClN3S/c1-4-12(6(2)3)5-7-8(9)13-11-10-7/h6H,4-5H2,1-3H3. The van der Waals surface area contributed by atoms with Crippen molar-refractivity contribution in [3.8, 4) is 0 Å². The summed E-state index contributed by atoms with van der Waals surface area (Å²) in [6.45, 7) is 8.26. The minimum absolute atomic E-state index is 0.516. The van der Waals surface area contributed by atoms with Gasteiger partial charge in [0.05, 0.1) is 0 Å². The Hall–Kier alpha value is -0.190. The van der Waals surface area contributed by atoms with Gasteiger partial charge in [0.2, 0.25) is 0 Å². The van der Waals surface area contributed by atoms with Crippen LogP contribution in [0, 0.1) is 0 Å². The fourth-order valence-corrected chi connectivity index (χ4v) is 1.76. The van der Waals surface area contributed by atoms with Crippen molar-refractivity contribution in [2.75, 3.05) is 6.54 Å². The Morgan fingerprint density at radius 1 is 1.54 bits per heavy atom. The third-order valence-corrected chi connectivity index (χ3v) is 2.98. The van der Waals surface area contributed by atoms with Crippen LogP contribution in [0.2, 0.25) is 4.34 Å². The molecule has 0 spiro atoms. The fraction of sp³-hybridized carbons (Fsp3) is 0.750. The minimum atomic E-state index is 0.516. The Balaban J connectivity index is 2.62. The van der Waals surface area contributed by atoms with Crippen LogP contribution in [0.3, 0.4) is 0 Å². The number of rotatable bonds is 4. The topological polar surface area (TPSA) is 29.0 Å². The largest absolute Gasteiger partial charge is 0.295 e. The molecule has 1 heterocycles. The molecule has 0 aromatic carbocycles. The highest BCUT2D eigenvalue weighted by molar-refractivity contribution is 7.10. The van der Waals surface area contributed by atoms with Crippen LogP contribution >= 0.6 is 23.1 Å². The van der Waals surface area contributed by atoms with E-state index in [0.29, 0.717) is 10.4 Å². The van der Waals surface area contributed by atoms with Gasteiger partial charge in [-0.25, -0.2) is 0 Å².